The summed E-state index contributed by atoms with van der Waals surface area (Å²) >= 11 is 2.03. The van der Waals surface area contributed by atoms with Crippen LogP contribution < -0.4 is 5.32 Å². The van der Waals surface area contributed by atoms with Crippen LogP contribution in [0.25, 0.3) is 0 Å². The molecule has 4 heteroatoms. The Morgan fingerprint density at radius 2 is 2.04 bits per heavy atom. The van der Waals surface area contributed by atoms with Gasteiger partial charge in [-0.1, -0.05) is 36.4 Å². The second kappa shape index (κ2) is 7.26. The summed E-state index contributed by atoms with van der Waals surface area (Å²) in [6.07, 6.45) is 5.25. The number of rotatable bonds is 4. The predicted molar refractivity (Wildman–Crippen MR) is 99.3 cm³/mol. The lowest BCUT2D eigenvalue weighted by atomic mass is 9.88. The number of hydrogen-bond donors (Lipinski definition) is 1. The molecule has 3 atom stereocenters. The lowest BCUT2D eigenvalue weighted by molar-refractivity contribution is -0.0709. The zero-order valence-corrected chi connectivity index (χ0v) is 14.7. The van der Waals surface area contributed by atoms with E-state index < -0.39 is 0 Å². The Hall–Kier alpha value is -1.36. The molecule has 0 unspecified atom stereocenters. The van der Waals surface area contributed by atoms with E-state index in [0.717, 1.165) is 30.9 Å². The van der Waals surface area contributed by atoms with Gasteiger partial charge in [0, 0.05) is 24.6 Å². The first kappa shape index (κ1) is 16.1. The first-order valence-corrected chi connectivity index (χ1v) is 9.94. The van der Waals surface area contributed by atoms with E-state index in [2.05, 4.69) is 52.8 Å². The summed E-state index contributed by atoms with van der Waals surface area (Å²) in [7, 11) is 0. The van der Waals surface area contributed by atoms with E-state index in [0.29, 0.717) is 6.04 Å². The highest BCUT2D eigenvalue weighted by Gasteiger charge is 2.41. The number of nitrogens with zero attached hydrogens (tertiary/aromatic N) is 1. The third-order valence-electron chi connectivity index (χ3n) is 5.08. The molecule has 2 fully saturated rings. The fraction of sp³-hybridized carbons (Fsp3) is 0.450. The highest BCUT2D eigenvalue weighted by atomic mass is 32.2. The van der Waals surface area contributed by atoms with E-state index in [4.69, 9.17) is 4.74 Å². The smallest absolute Gasteiger partial charge is 0.0795 e. The molecule has 0 aliphatic carbocycles. The molecular formula is C20H24N2OS. The largest absolute Gasteiger partial charge is 0.374 e. The van der Waals surface area contributed by atoms with Gasteiger partial charge in [0.05, 0.1) is 17.3 Å². The van der Waals surface area contributed by atoms with Crippen LogP contribution in [0.1, 0.15) is 36.6 Å². The molecule has 0 radical (unpaired) electrons. The Morgan fingerprint density at radius 3 is 2.79 bits per heavy atom. The number of aromatic nitrogens is 1. The molecule has 2 saturated heterocycles. The minimum Gasteiger partial charge on any atom is -0.374 e. The Labute approximate surface area is 148 Å². The third kappa shape index (κ3) is 3.51. The van der Waals surface area contributed by atoms with Crippen molar-refractivity contribution in [3.05, 3.63) is 66.0 Å². The van der Waals surface area contributed by atoms with E-state index in [1.807, 2.05) is 24.0 Å². The van der Waals surface area contributed by atoms with Crippen LogP contribution in [0.15, 0.2) is 54.7 Å². The minimum absolute atomic E-state index is 0.103. The average Bonchev–Trinajstić information content (AvgIpc) is 3.09. The molecular weight excluding hydrogens is 316 g/mol. The maximum absolute atomic E-state index is 6.17. The average molecular weight is 340 g/mol. The van der Waals surface area contributed by atoms with E-state index in [-0.39, 0.29) is 11.6 Å². The van der Waals surface area contributed by atoms with Crippen molar-refractivity contribution in [2.75, 3.05) is 18.1 Å². The van der Waals surface area contributed by atoms with Crippen LogP contribution >= 0.6 is 11.8 Å². The van der Waals surface area contributed by atoms with Crippen LogP contribution in [0.3, 0.4) is 0 Å². The van der Waals surface area contributed by atoms with Crippen molar-refractivity contribution in [1.82, 2.24) is 10.3 Å². The second-order valence-corrected chi connectivity index (χ2v) is 7.89. The van der Waals surface area contributed by atoms with Gasteiger partial charge >= 0.3 is 0 Å². The number of hydrogen-bond acceptors (Lipinski definition) is 4. The summed E-state index contributed by atoms with van der Waals surface area (Å²) in [4.78, 5) is 4.61. The van der Waals surface area contributed by atoms with Crippen LogP contribution in [0.5, 0.6) is 0 Å². The van der Waals surface area contributed by atoms with E-state index in [1.54, 1.807) is 0 Å². The van der Waals surface area contributed by atoms with Crippen LogP contribution in [0.2, 0.25) is 0 Å². The van der Waals surface area contributed by atoms with Crippen molar-refractivity contribution < 1.29 is 4.74 Å². The fourth-order valence-corrected chi connectivity index (χ4v) is 5.19. The number of pyridine rings is 1. The van der Waals surface area contributed by atoms with Gasteiger partial charge in [0.25, 0.3) is 0 Å². The molecule has 3 heterocycles. The topological polar surface area (TPSA) is 34.1 Å². The molecule has 2 aliphatic rings. The second-order valence-electron chi connectivity index (χ2n) is 6.79. The van der Waals surface area contributed by atoms with E-state index in [9.17, 15) is 0 Å². The summed E-state index contributed by atoms with van der Waals surface area (Å²) in [5.74, 6) is 2.37. The quantitative estimate of drug-likeness (QED) is 0.918. The molecule has 4 rings (SSSR count). The predicted octanol–water partition coefficient (Wildman–Crippen LogP) is 3.82. The molecule has 2 aliphatic heterocycles. The molecule has 126 valence electrons. The Morgan fingerprint density at radius 1 is 1.17 bits per heavy atom. The molecule has 1 spiro atoms. The number of benzene rings is 1. The molecule has 0 saturated carbocycles. The zero-order chi connectivity index (χ0) is 16.2. The van der Waals surface area contributed by atoms with E-state index in [1.165, 1.54) is 17.7 Å². The summed E-state index contributed by atoms with van der Waals surface area (Å²) in [5, 5.41) is 3.89. The van der Waals surface area contributed by atoms with Crippen molar-refractivity contribution in [3.8, 4) is 0 Å². The van der Waals surface area contributed by atoms with Crippen molar-refractivity contribution in [3.63, 3.8) is 0 Å². The molecule has 24 heavy (non-hydrogen) atoms. The Bertz CT molecular complexity index is 604. The lowest BCUT2D eigenvalue weighted by Gasteiger charge is -2.39. The molecule has 0 amide bonds. The summed E-state index contributed by atoms with van der Waals surface area (Å²) in [5.41, 5.74) is 2.47. The molecule has 0 bridgehead atoms. The van der Waals surface area contributed by atoms with Crippen molar-refractivity contribution in [1.29, 1.82) is 0 Å². The van der Waals surface area contributed by atoms with Gasteiger partial charge in [0.15, 0.2) is 0 Å². The van der Waals surface area contributed by atoms with Gasteiger partial charge in [-0.15, -0.1) is 0 Å². The third-order valence-corrected chi connectivity index (χ3v) is 6.30. The highest BCUT2D eigenvalue weighted by molar-refractivity contribution is 7.99. The number of ether oxygens (including phenoxy) is 1. The zero-order valence-electron chi connectivity index (χ0n) is 13.9. The molecule has 1 aromatic carbocycles. The van der Waals surface area contributed by atoms with E-state index >= 15 is 0 Å². The fourth-order valence-electron chi connectivity index (χ4n) is 3.81. The molecule has 2 aromatic rings. The Kier molecular flexibility index (Phi) is 4.88. The maximum atomic E-state index is 6.17. The SMILES string of the molecule is c1ccc([C@H](N[C@@H]2CCO[C@]3(CCSC3)C2)c2ccccn2)cc1. The van der Waals surface area contributed by atoms with Crippen molar-refractivity contribution in [2.24, 2.45) is 0 Å². The summed E-state index contributed by atoms with van der Waals surface area (Å²) in [6.45, 7) is 0.863. The van der Waals surface area contributed by atoms with Crippen molar-refractivity contribution in [2.45, 2.75) is 36.9 Å². The summed E-state index contributed by atoms with van der Waals surface area (Å²) in [6, 6.07) is 17.4. The first-order valence-electron chi connectivity index (χ1n) is 8.78. The van der Waals surface area contributed by atoms with Crippen LogP contribution in [-0.4, -0.2) is 34.7 Å². The molecule has 1 N–H and O–H groups in total. The molecule has 1 aromatic heterocycles. The van der Waals surface area contributed by atoms with Crippen molar-refractivity contribution >= 4 is 11.8 Å². The minimum atomic E-state index is 0.103. The lowest BCUT2D eigenvalue weighted by Crippen LogP contribution is -2.48. The number of thioether (sulfide) groups is 1. The van der Waals surface area contributed by atoms with Gasteiger partial charge in [0.2, 0.25) is 0 Å². The van der Waals surface area contributed by atoms with Gasteiger partial charge in [-0.25, -0.2) is 0 Å². The normalized spacial score (nSPS) is 28.1. The van der Waals surface area contributed by atoms with Gasteiger partial charge in [0.1, 0.15) is 0 Å². The maximum Gasteiger partial charge on any atom is 0.0795 e. The molecule has 3 nitrogen and oxygen atoms in total. The first-order chi connectivity index (χ1) is 11.8. The summed E-state index contributed by atoms with van der Waals surface area (Å²) < 4.78 is 6.17. The van der Waals surface area contributed by atoms with Gasteiger partial charge in [-0.05, 0) is 42.7 Å². The number of nitrogens with one attached hydrogen (secondary N) is 1. The van der Waals surface area contributed by atoms with Gasteiger partial charge < -0.3 is 10.1 Å². The van der Waals surface area contributed by atoms with Crippen LogP contribution in [-0.2, 0) is 4.74 Å². The van der Waals surface area contributed by atoms with Crippen LogP contribution in [0, 0.1) is 0 Å². The van der Waals surface area contributed by atoms with Gasteiger partial charge in [-0.3, -0.25) is 4.98 Å². The highest BCUT2D eigenvalue weighted by Crippen LogP contribution is 2.39. The standard InChI is InChI=1S/C20H24N2OS/c1-2-6-16(7-3-1)19(18-8-4-5-11-21-18)22-17-9-12-23-20(14-17)10-13-24-15-20/h1-8,11,17,19,22H,9-10,12-15H2/t17-,19+,20-/m1/s1. The van der Waals surface area contributed by atoms with Crippen LogP contribution in [0.4, 0.5) is 0 Å². The monoisotopic (exact) mass is 340 g/mol. The Balaban J connectivity index is 1.56. The van der Waals surface area contributed by atoms with Gasteiger partial charge in [-0.2, -0.15) is 11.8 Å².